The molecule has 0 radical (unpaired) electrons. The summed E-state index contributed by atoms with van der Waals surface area (Å²) in [7, 11) is 0. The van der Waals surface area contributed by atoms with Crippen molar-refractivity contribution >= 4 is 5.78 Å². The predicted molar refractivity (Wildman–Crippen MR) is 68.7 cm³/mol. The van der Waals surface area contributed by atoms with E-state index in [4.69, 9.17) is 0 Å². The van der Waals surface area contributed by atoms with E-state index in [9.17, 15) is 9.90 Å². The van der Waals surface area contributed by atoms with Gasteiger partial charge in [0.15, 0.2) is 12.0 Å². The number of Topliss-reactive ketones (excluding diaryl/α,β-unsaturated/α-hetero) is 1. The van der Waals surface area contributed by atoms with Gasteiger partial charge in [0.05, 0.1) is 6.04 Å². The van der Waals surface area contributed by atoms with Crippen LogP contribution in [0.4, 0.5) is 0 Å². The number of carbonyl (C=O) groups is 1. The first-order valence-corrected chi connectivity index (χ1v) is 6.64. The van der Waals surface area contributed by atoms with Gasteiger partial charge in [0.25, 0.3) is 0 Å². The monoisotopic (exact) mass is 242 g/mol. The Labute approximate surface area is 104 Å². The second-order valence-electron chi connectivity index (χ2n) is 5.75. The van der Waals surface area contributed by atoms with Crippen LogP contribution in [0.15, 0.2) is 0 Å². The number of aliphatic hydroxyl groups is 1. The van der Waals surface area contributed by atoms with Crippen LogP contribution in [0, 0.1) is 5.92 Å². The van der Waals surface area contributed by atoms with Crippen molar-refractivity contribution in [3.63, 3.8) is 0 Å². The van der Waals surface area contributed by atoms with Gasteiger partial charge < -0.3 is 10.4 Å². The molecule has 0 spiro atoms. The molecule has 0 aliphatic heterocycles. The molecule has 2 atom stereocenters. The zero-order valence-corrected chi connectivity index (χ0v) is 11.4. The summed E-state index contributed by atoms with van der Waals surface area (Å²) in [5, 5.41) is 16.0. The summed E-state index contributed by atoms with van der Waals surface area (Å²) in [5.41, 5.74) is 0. The molecule has 4 heteroatoms. The molecule has 1 aliphatic carbocycles. The van der Waals surface area contributed by atoms with E-state index in [1.807, 2.05) is 13.8 Å². The Balaban J connectivity index is 2.49. The molecule has 3 N–H and O–H groups in total. The van der Waals surface area contributed by atoms with E-state index in [2.05, 4.69) is 24.5 Å². The van der Waals surface area contributed by atoms with Crippen LogP contribution in [0.25, 0.3) is 0 Å². The van der Waals surface area contributed by atoms with E-state index < -0.39 is 6.23 Å². The molecular formula is C13H26N2O2. The molecule has 100 valence electrons. The van der Waals surface area contributed by atoms with Gasteiger partial charge in [-0.25, -0.2) is 0 Å². The Bertz CT molecular complexity index is 240. The lowest BCUT2D eigenvalue weighted by Crippen LogP contribution is -2.51. The standard InChI is InChI=1S/C13H26N2O2/c1-8(2)7-11(14-9(3)4)12(16)13(17)15-10-5-6-10/h8-11,13-15,17H,5-7H2,1-4H3. The maximum absolute atomic E-state index is 12.1. The van der Waals surface area contributed by atoms with Gasteiger partial charge in [-0.2, -0.15) is 0 Å². The first-order valence-electron chi connectivity index (χ1n) is 6.64. The molecule has 0 aromatic carbocycles. The van der Waals surface area contributed by atoms with Gasteiger partial charge in [0.2, 0.25) is 0 Å². The highest BCUT2D eigenvalue weighted by Crippen LogP contribution is 2.19. The van der Waals surface area contributed by atoms with Gasteiger partial charge in [-0.05, 0) is 25.2 Å². The molecular weight excluding hydrogens is 216 g/mol. The van der Waals surface area contributed by atoms with Crippen LogP contribution in [0.3, 0.4) is 0 Å². The van der Waals surface area contributed by atoms with Crippen LogP contribution < -0.4 is 10.6 Å². The molecule has 2 unspecified atom stereocenters. The molecule has 0 heterocycles. The minimum Gasteiger partial charge on any atom is -0.371 e. The van der Waals surface area contributed by atoms with Crippen molar-refractivity contribution < 1.29 is 9.90 Å². The van der Waals surface area contributed by atoms with E-state index in [-0.39, 0.29) is 17.9 Å². The average Bonchev–Trinajstić information content (AvgIpc) is 2.97. The van der Waals surface area contributed by atoms with Gasteiger partial charge >= 0.3 is 0 Å². The molecule has 0 saturated heterocycles. The molecule has 0 bridgehead atoms. The van der Waals surface area contributed by atoms with Crippen LogP contribution in [-0.4, -0.2) is 35.2 Å². The largest absolute Gasteiger partial charge is 0.371 e. The van der Waals surface area contributed by atoms with Crippen molar-refractivity contribution in [3.8, 4) is 0 Å². The van der Waals surface area contributed by atoms with E-state index in [0.717, 1.165) is 19.3 Å². The highest BCUT2D eigenvalue weighted by atomic mass is 16.3. The zero-order chi connectivity index (χ0) is 13.0. The third-order valence-electron chi connectivity index (χ3n) is 2.83. The average molecular weight is 242 g/mol. The number of hydrogen-bond donors (Lipinski definition) is 3. The van der Waals surface area contributed by atoms with E-state index >= 15 is 0 Å². The van der Waals surface area contributed by atoms with E-state index in [1.54, 1.807) is 0 Å². The molecule has 0 aromatic heterocycles. The fourth-order valence-corrected chi connectivity index (χ4v) is 1.89. The Hall–Kier alpha value is -0.450. The Kier molecular flexibility index (Phi) is 5.56. The van der Waals surface area contributed by atoms with Gasteiger partial charge in [-0.3, -0.25) is 10.1 Å². The third kappa shape index (κ3) is 5.61. The van der Waals surface area contributed by atoms with Gasteiger partial charge in [0.1, 0.15) is 0 Å². The summed E-state index contributed by atoms with van der Waals surface area (Å²) in [6.45, 7) is 8.20. The number of rotatable bonds is 8. The highest BCUT2D eigenvalue weighted by Gasteiger charge is 2.31. The molecule has 1 rings (SSSR count). The zero-order valence-electron chi connectivity index (χ0n) is 11.4. The summed E-state index contributed by atoms with van der Waals surface area (Å²) in [6.07, 6.45) is 1.88. The van der Waals surface area contributed by atoms with Crippen LogP contribution in [-0.2, 0) is 4.79 Å². The number of hydrogen-bond acceptors (Lipinski definition) is 4. The lowest BCUT2D eigenvalue weighted by Gasteiger charge is -2.24. The molecule has 1 aliphatic rings. The molecule has 1 saturated carbocycles. The van der Waals surface area contributed by atoms with Crippen molar-refractivity contribution in [2.24, 2.45) is 5.92 Å². The molecule has 0 amide bonds. The Morgan fingerprint density at radius 3 is 2.29 bits per heavy atom. The van der Waals surface area contributed by atoms with Crippen LogP contribution in [0.2, 0.25) is 0 Å². The summed E-state index contributed by atoms with van der Waals surface area (Å²) in [4.78, 5) is 12.1. The van der Waals surface area contributed by atoms with Crippen molar-refractivity contribution in [3.05, 3.63) is 0 Å². The third-order valence-corrected chi connectivity index (χ3v) is 2.83. The van der Waals surface area contributed by atoms with E-state index in [1.165, 1.54) is 0 Å². The van der Waals surface area contributed by atoms with Crippen LogP contribution >= 0.6 is 0 Å². The predicted octanol–water partition coefficient (Wildman–Crippen LogP) is 1.04. The summed E-state index contributed by atoms with van der Waals surface area (Å²) >= 11 is 0. The molecule has 0 aromatic rings. The number of aliphatic hydroxyl groups excluding tert-OH is 1. The normalized spacial score (nSPS) is 19.7. The summed E-state index contributed by atoms with van der Waals surface area (Å²) in [6, 6.07) is 0.333. The van der Waals surface area contributed by atoms with Crippen molar-refractivity contribution in [1.82, 2.24) is 10.6 Å². The number of nitrogens with one attached hydrogen (secondary N) is 2. The summed E-state index contributed by atoms with van der Waals surface area (Å²) in [5.74, 6) is 0.308. The maximum Gasteiger partial charge on any atom is 0.192 e. The number of ketones is 1. The van der Waals surface area contributed by atoms with Crippen molar-refractivity contribution in [2.75, 3.05) is 0 Å². The van der Waals surface area contributed by atoms with Gasteiger partial charge in [-0.15, -0.1) is 0 Å². The molecule has 17 heavy (non-hydrogen) atoms. The minimum atomic E-state index is -1.02. The molecule has 1 fully saturated rings. The van der Waals surface area contributed by atoms with Crippen molar-refractivity contribution in [2.45, 2.75) is 71.3 Å². The second kappa shape index (κ2) is 6.47. The van der Waals surface area contributed by atoms with Crippen LogP contribution in [0.5, 0.6) is 0 Å². The number of carbonyl (C=O) groups excluding carboxylic acids is 1. The summed E-state index contributed by atoms with van der Waals surface area (Å²) < 4.78 is 0. The SMILES string of the molecule is CC(C)CC(NC(C)C)C(=O)C(O)NC1CC1. The minimum absolute atomic E-state index is 0.126. The maximum atomic E-state index is 12.1. The Morgan fingerprint density at radius 1 is 1.29 bits per heavy atom. The lowest BCUT2D eigenvalue weighted by molar-refractivity contribution is -0.131. The highest BCUT2D eigenvalue weighted by molar-refractivity contribution is 5.87. The quantitative estimate of drug-likeness (QED) is 0.557. The second-order valence-corrected chi connectivity index (χ2v) is 5.75. The fourth-order valence-electron chi connectivity index (χ4n) is 1.89. The van der Waals surface area contributed by atoms with Crippen LogP contribution in [0.1, 0.15) is 47.0 Å². The van der Waals surface area contributed by atoms with Gasteiger partial charge in [-0.1, -0.05) is 27.7 Å². The molecule has 4 nitrogen and oxygen atoms in total. The van der Waals surface area contributed by atoms with Gasteiger partial charge in [0, 0.05) is 12.1 Å². The lowest BCUT2D eigenvalue weighted by atomic mass is 9.98. The van der Waals surface area contributed by atoms with E-state index in [0.29, 0.717) is 12.0 Å². The first kappa shape index (κ1) is 14.6. The fraction of sp³-hybridized carbons (Fsp3) is 0.923. The van der Waals surface area contributed by atoms with Crippen molar-refractivity contribution in [1.29, 1.82) is 0 Å². The first-order chi connectivity index (χ1) is 7.90. The smallest absolute Gasteiger partial charge is 0.192 e. The Morgan fingerprint density at radius 2 is 1.88 bits per heavy atom. The topological polar surface area (TPSA) is 61.4 Å².